The smallest absolute Gasteiger partial charge is 0.124 e. The Labute approximate surface area is 141 Å². The van der Waals surface area contributed by atoms with Crippen molar-refractivity contribution in [3.63, 3.8) is 0 Å². The third kappa shape index (κ3) is 8.94. The third-order valence-electron chi connectivity index (χ3n) is 3.88. The second kappa shape index (κ2) is 11.4. The van der Waals surface area contributed by atoms with Gasteiger partial charge in [-0.3, -0.25) is 0 Å². The first-order valence-electron chi connectivity index (χ1n) is 8.64. The molecule has 0 aliphatic carbocycles. The molecule has 0 bridgehead atoms. The number of ether oxygens (including phenoxy) is 2. The maximum Gasteiger partial charge on any atom is 0.124 e. The highest BCUT2D eigenvalue weighted by Gasteiger charge is 2.09. The summed E-state index contributed by atoms with van der Waals surface area (Å²) in [4.78, 5) is 0. The first kappa shape index (κ1) is 19.9. The molecule has 0 saturated heterocycles. The highest BCUT2D eigenvalue weighted by Crippen LogP contribution is 2.18. The Morgan fingerprint density at radius 1 is 1.13 bits per heavy atom. The summed E-state index contributed by atoms with van der Waals surface area (Å²) >= 11 is 0. The van der Waals surface area contributed by atoms with Gasteiger partial charge in [-0.15, -0.1) is 0 Å². The van der Waals surface area contributed by atoms with E-state index in [2.05, 4.69) is 26.1 Å². The monoisotopic (exact) mass is 323 g/mol. The van der Waals surface area contributed by atoms with Crippen molar-refractivity contribution in [2.24, 2.45) is 5.92 Å². The molecule has 0 heterocycles. The minimum Gasteiger partial charge on any atom is -0.496 e. The summed E-state index contributed by atoms with van der Waals surface area (Å²) in [7, 11) is 1.65. The molecule has 0 amide bonds. The van der Waals surface area contributed by atoms with Crippen LogP contribution in [0.1, 0.15) is 45.6 Å². The molecular weight excluding hydrogens is 290 g/mol. The van der Waals surface area contributed by atoms with E-state index in [9.17, 15) is 5.11 Å². The van der Waals surface area contributed by atoms with E-state index in [-0.39, 0.29) is 0 Å². The van der Waals surface area contributed by atoms with Crippen LogP contribution in [0.15, 0.2) is 24.3 Å². The molecule has 1 aromatic rings. The lowest BCUT2D eigenvalue weighted by atomic mass is 10.0. The van der Waals surface area contributed by atoms with Gasteiger partial charge in [0.25, 0.3) is 0 Å². The van der Waals surface area contributed by atoms with Crippen LogP contribution in [0.4, 0.5) is 0 Å². The number of para-hydroxylation sites is 1. The molecular formula is C19H33NO3. The summed E-state index contributed by atoms with van der Waals surface area (Å²) < 4.78 is 10.9. The van der Waals surface area contributed by atoms with Crippen LogP contribution in [0.25, 0.3) is 0 Å². The van der Waals surface area contributed by atoms with E-state index in [0.717, 1.165) is 23.7 Å². The van der Waals surface area contributed by atoms with Crippen LogP contribution in [0.5, 0.6) is 5.75 Å². The Kier molecular flexibility index (Phi) is 9.92. The van der Waals surface area contributed by atoms with Gasteiger partial charge >= 0.3 is 0 Å². The summed E-state index contributed by atoms with van der Waals surface area (Å²) in [6.07, 6.45) is 3.15. The minimum absolute atomic E-state index is 0.323. The lowest BCUT2D eigenvalue weighted by molar-refractivity contribution is 0.0270. The van der Waals surface area contributed by atoms with Crippen molar-refractivity contribution in [3.05, 3.63) is 29.8 Å². The fraction of sp³-hybridized carbons (Fsp3) is 0.684. The van der Waals surface area contributed by atoms with Crippen LogP contribution in [0, 0.1) is 5.92 Å². The van der Waals surface area contributed by atoms with Crippen molar-refractivity contribution in [1.82, 2.24) is 5.32 Å². The van der Waals surface area contributed by atoms with E-state index >= 15 is 0 Å². The second-order valence-electron chi connectivity index (χ2n) is 6.61. The quantitative estimate of drug-likeness (QED) is 0.619. The highest BCUT2D eigenvalue weighted by molar-refractivity contribution is 5.32. The SMILES string of the molecule is COc1ccccc1COC[C@H](O)CN[C@@H](C)CCCC(C)C. The number of rotatable bonds is 12. The Hall–Kier alpha value is -1.10. The fourth-order valence-electron chi connectivity index (χ4n) is 2.46. The number of benzene rings is 1. The van der Waals surface area contributed by atoms with Crippen molar-refractivity contribution in [2.45, 2.75) is 58.8 Å². The number of hydrogen-bond donors (Lipinski definition) is 2. The van der Waals surface area contributed by atoms with Crippen LogP contribution in [-0.2, 0) is 11.3 Å². The molecule has 0 aliphatic heterocycles. The molecule has 4 nitrogen and oxygen atoms in total. The van der Waals surface area contributed by atoms with Crippen LogP contribution in [-0.4, -0.2) is 37.5 Å². The molecule has 0 unspecified atom stereocenters. The van der Waals surface area contributed by atoms with Gasteiger partial charge in [-0.05, 0) is 25.3 Å². The number of hydrogen-bond acceptors (Lipinski definition) is 4. The van der Waals surface area contributed by atoms with Crippen molar-refractivity contribution in [3.8, 4) is 5.75 Å². The van der Waals surface area contributed by atoms with Crippen LogP contribution in [0.2, 0.25) is 0 Å². The van der Waals surface area contributed by atoms with Crippen molar-refractivity contribution >= 4 is 0 Å². The van der Waals surface area contributed by atoms with Gasteiger partial charge in [0, 0.05) is 18.2 Å². The van der Waals surface area contributed by atoms with Gasteiger partial charge in [0.05, 0.1) is 26.4 Å². The zero-order valence-corrected chi connectivity index (χ0v) is 15.0. The lowest BCUT2D eigenvalue weighted by Gasteiger charge is -2.18. The lowest BCUT2D eigenvalue weighted by Crippen LogP contribution is -2.36. The van der Waals surface area contributed by atoms with Crippen molar-refractivity contribution in [1.29, 1.82) is 0 Å². The molecule has 0 fully saturated rings. The maximum absolute atomic E-state index is 10.00. The van der Waals surface area contributed by atoms with E-state index in [1.54, 1.807) is 7.11 Å². The summed E-state index contributed by atoms with van der Waals surface area (Å²) in [5.41, 5.74) is 0.997. The first-order valence-corrected chi connectivity index (χ1v) is 8.64. The zero-order chi connectivity index (χ0) is 17.1. The summed E-state index contributed by atoms with van der Waals surface area (Å²) in [6.45, 7) is 8.01. The molecule has 1 rings (SSSR count). The van der Waals surface area contributed by atoms with E-state index in [1.807, 2.05) is 24.3 Å². The fourth-order valence-corrected chi connectivity index (χ4v) is 2.46. The molecule has 4 heteroatoms. The molecule has 2 N–H and O–H groups in total. The Bertz CT molecular complexity index is 423. The molecule has 0 aromatic heterocycles. The molecule has 2 atom stereocenters. The maximum atomic E-state index is 10.00. The summed E-state index contributed by atoms with van der Waals surface area (Å²) in [5.74, 6) is 1.58. The predicted octanol–water partition coefficient (Wildman–Crippen LogP) is 3.38. The number of aliphatic hydroxyl groups is 1. The number of methoxy groups -OCH3 is 1. The molecule has 0 saturated carbocycles. The molecule has 132 valence electrons. The largest absolute Gasteiger partial charge is 0.496 e. The van der Waals surface area contributed by atoms with Gasteiger partial charge in [0.1, 0.15) is 5.75 Å². The highest BCUT2D eigenvalue weighted by atomic mass is 16.5. The molecule has 0 spiro atoms. The van der Waals surface area contributed by atoms with Gasteiger partial charge < -0.3 is 19.9 Å². The van der Waals surface area contributed by atoms with Gasteiger partial charge in [-0.25, -0.2) is 0 Å². The minimum atomic E-state index is -0.489. The average Bonchev–Trinajstić information content (AvgIpc) is 2.53. The van der Waals surface area contributed by atoms with Crippen molar-refractivity contribution in [2.75, 3.05) is 20.3 Å². The van der Waals surface area contributed by atoms with Gasteiger partial charge in [0.15, 0.2) is 0 Å². The normalized spacial score (nSPS) is 14.0. The summed E-state index contributed by atoms with van der Waals surface area (Å²) in [6, 6.07) is 8.20. The standard InChI is InChI=1S/C19H33NO3/c1-15(2)8-7-9-16(3)20-12-18(21)14-23-13-17-10-5-6-11-19(17)22-4/h5-6,10-11,15-16,18,20-21H,7-9,12-14H2,1-4H3/t16-,18+/m0/s1. The van der Waals surface area contributed by atoms with E-state index in [4.69, 9.17) is 9.47 Å². The number of aliphatic hydroxyl groups excluding tert-OH is 1. The molecule has 23 heavy (non-hydrogen) atoms. The molecule has 1 aromatic carbocycles. The van der Waals surface area contributed by atoms with Gasteiger partial charge in [0.2, 0.25) is 0 Å². The topological polar surface area (TPSA) is 50.7 Å². The van der Waals surface area contributed by atoms with Gasteiger partial charge in [-0.1, -0.05) is 44.9 Å². The average molecular weight is 323 g/mol. The summed E-state index contributed by atoms with van der Waals surface area (Å²) in [5, 5.41) is 13.4. The second-order valence-corrected chi connectivity index (χ2v) is 6.61. The van der Waals surface area contributed by atoms with E-state index in [0.29, 0.717) is 25.8 Å². The van der Waals surface area contributed by atoms with E-state index in [1.165, 1.54) is 12.8 Å². The van der Waals surface area contributed by atoms with E-state index < -0.39 is 6.10 Å². The van der Waals surface area contributed by atoms with Crippen LogP contribution < -0.4 is 10.1 Å². The molecule has 0 aliphatic rings. The van der Waals surface area contributed by atoms with Crippen LogP contribution in [0.3, 0.4) is 0 Å². The Morgan fingerprint density at radius 3 is 2.57 bits per heavy atom. The van der Waals surface area contributed by atoms with Crippen molar-refractivity contribution < 1.29 is 14.6 Å². The van der Waals surface area contributed by atoms with Crippen LogP contribution >= 0.6 is 0 Å². The molecule has 0 radical (unpaired) electrons. The predicted molar refractivity (Wildman–Crippen MR) is 94.8 cm³/mol. The Balaban J connectivity index is 2.15. The third-order valence-corrected chi connectivity index (χ3v) is 3.88. The Morgan fingerprint density at radius 2 is 1.87 bits per heavy atom. The zero-order valence-electron chi connectivity index (χ0n) is 15.0. The first-order chi connectivity index (χ1) is 11.0. The van der Waals surface area contributed by atoms with Gasteiger partial charge in [-0.2, -0.15) is 0 Å². The number of nitrogens with one attached hydrogen (secondary N) is 1.